The molecule has 1 aliphatic carbocycles. The molecule has 7 heteroatoms. The van der Waals surface area contributed by atoms with Crippen LogP contribution in [0.1, 0.15) is 27.2 Å². The SMILES string of the molecule is C=C[C@@]12C[C@@H](OC(C(Cl)(Cl)Cl)=N1)C(C)=CC2[C@H]1COC(C)(C)O1. The minimum absolute atomic E-state index is 0.0516. The predicted octanol–water partition coefficient (Wildman–Crippen LogP) is 4.20. The van der Waals surface area contributed by atoms with Crippen molar-refractivity contribution in [1.29, 1.82) is 0 Å². The molecule has 2 aliphatic heterocycles. The molecular weight excluding hydrogens is 361 g/mol. The van der Waals surface area contributed by atoms with Crippen LogP contribution in [0.4, 0.5) is 0 Å². The van der Waals surface area contributed by atoms with Gasteiger partial charge in [-0.3, -0.25) is 0 Å². The molecule has 0 aromatic rings. The first-order valence-electron chi connectivity index (χ1n) is 7.54. The monoisotopic (exact) mass is 379 g/mol. The van der Waals surface area contributed by atoms with Crippen molar-refractivity contribution in [2.24, 2.45) is 10.9 Å². The molecule has 0 amide bonds. The molecule has 2 heterocycles. The predicted molar refractivity (Wildman–Crippen MR) is 92.3 cm³/mol. The first kappa shape index (κ1) is 17.6. The zero-order chi connectivity index (χ0) is 17.0. The maximum absolute atomic E-state index is 6.05. The molecule has 4 nitrogen and oxygen atoms in total. The van der Waals surface area contributed by atoms with Crippen molar-refractivity contribution < 1.29 is 14.2 Å². The van der Waals surface area contributed by atoms with E-state index in [1.807, 2.05) is 20.8 Å². The summed E-state index contributed by atoms with van der Waals surface area (Å²) in [4.78, 5) is 4.63. The van der Waals surface area contributed by atoms with E-state index < -0.39 is 15.1 Å². The number of nitrogens with zero attached hydrogens (tertiary/aromatic N) is 1. The number of halogens is 3. The van der Waals surface area contributed by atoms with E-state index in [-0.39, 0.29) is 24.0 Å². The summed E-state index contributed by atoms with van der Waals surface area (Å²) in [5, 5.41) is 0. The van der Waals surface area contributed by atoms with Gasteiger partial charge in [0.25, 0.3) is 3.79 Å². The highest BCUT2D eigenvalue weighted by atomic mass is 35.6. The Bertz CT molecular complexity index is 582. The summed E-state index contributed by atoms with van der Waals surface area (Å²) in [6.45, 7) is 10.3. The Balaban J connectivity index is 2.02. The summed E-state index contributed by atoms with van der Waals surface area (Å²) in [6, 6.07) is 0. The van der Waals surface area contributed by atoms with Gasteiger partial charge in [0, 0.05) is 12.3 Å². The summed E-state index contributed by atoms with van der Waals surface area (Å²) in [5.74, 6) is -0.558. The second kappa shape index (κ2) is 5.63. The number of fused-ring (bicyclic) bond motifs is 2. The van der Waals surface area contributed by atoms with E-state index in [1.54, 1.807) is 6.08 Å². The van der Waals surface area contributed by atoms with Gasteiger partial charge in [0.2, 0.25) is 5.90 Å². The van der Waals surface area contributed by atoms with E-state index in [0.717, 1.165) is 5.57 Å². The van der Waals surface area contributed by atoms with Crippen molar-refractivity contribution in [1.82, 2.24) is 0 Å². The lowest BCUT2D eigenvalue weighted by Gasteiger charge is -2.46. The van der Waals surface area contributed by atoms with E-state index in [2.05, 4.69) is 17.6 Å². The Labute approximate surface area is 151 Å². The zero-order valence-corrected chi connectivity index (χ0v) is 15.6. The highest BCUT2D eigenvalue weighted by molar-refractivity contribution is 6.76. The lowest BCUT2D eigenvalue weighted by Crippen LogP contribution is -2.53. The van der Waals surface area contributed by atoms with Crippen molar-refractivity contribution in [2.45, 2.75) is 54.5 Å². The quantitative estimate of drug-likeness (QED) is 0.532. The van der Waals surface area contributed by atoms with Crippen LogP contribution in [0.25, 0.3) is 0 Å². The summed E-state index contributed by atoms with van der Waals surface area (Å²) < 4.78 is 15.8. The van der Waals surface area contributed by atoms with E-state index in [1.165, 1.54) is 0 Å². The van der Waals surface area contributed by atoms with Crippen LogP contribution >= 0.6 is 34.8 Å². The first-order valence-corrected chi connectivity index (χ1v) is 8.67. The topological polar surface area (TPSA) is 40.0 Å². The lowest BCUT2D eigenvalue weighted by atomic mass is 9.70. The molecule has 128 valence electrons. The lowest BCUT2D eigenvalue weighted by molar-refractivity contribution is -0.145. The Morgan fingerprint density at radius 3 is 2.61 bits per heavy atom. The van der Waals surface area contributed by atoms with E-state index in [9.17, 15) is 0 Å². The van der Waals surface area contributed by atoms with E-state index in [0.29, 0.717) is 13.0 Å². The van der Waals surface area contributed by atoms with Crippen molar-refractivity contribution in [2.75, 3.05) is 6.61 Å². The van der Waals surface area contributed by atoms with Gasteiger partial charge in [0.15, 0.2) is 5.79 Å². The molecule has 23 heavy (non-hydrogen) atoms. The number of rotatable bonds is 2. The largest absolute Gasteiger partial charge is 0.470 e. The van der Waals surface area contributed by atoms with Crippen molar-refractivity contribution in [3.63, 3.8) is 0 Å². The average molecular weight is 381 g/mol. The standard InChI is InChI=1S/C16H20Cl3NO3/c1-5-15-7-11(22-13(20-15)16(17,18)19)9(2)6-10(15)12-8-21-14(3,4)23-12/h5-6,10-12H,1,7-8H2,2-4H3/t10?,11-,12-,15+/m1/s1. The van der Waals surface area contributed by atoms with Crippen LogP contribution in [0.5, 0.6) is 0 Å². The van der Waals surface area contributed by atoms with Gasteiger partial charge in [-0.1, -0.05) is 47.0 Å². The molecule has 0 aromatic carbocycles. The Kier molecular flexibility index (Phi) is 4.30. The molecule has 0 radical (unpaired) electrons. The molecule has 3 aliphatic rings. The number of hydrogen-bond donors (Lipinski definition) is 0. The van der Waals surface area contributed by atoms with Gasteiger partial charge in [-0.25, -0.2) is 4.99 Å². The Morgan fingerprint density at radius 2 is 2.09 bits per heavy atom. The van der Waals surface area contributed by atoms with Crippen LogP contribution in [-0.4, -0.2) is 39.8 Å². The molecule has 0 N–H and O–H groups in total. The zero-order valence-electron chi connectivity index (χ0n) is 13.3. The molecular formula is C16H20Cl3NO3. The van der Waals surface area contributed by atoms with Crippen LogP contribution in [0.2, 0.25) is 0 Å². The first-order chi connectivity index (χ1) is 10.6. The molecule has 1 fully saturated rings. The third kappa shape index (κ3) is 3.16. The van der Waals surface area contributed by atoms with Crippen molar-refractivity contribution in [3.05, 3.63) is 24.3 Å². The van der Waals surface area contributed by atoms with Gasteiger partial charge in [-0.05, 0) is 26.3 Å². The Morgan fingerprint density at radius 1 is 1.39 bits per heavy atom. The summed E-state index contributed by atoms with van der Waals surface area (Å²) in [6.07, 6.45) is 4.26. The maximum atomic E-state index is 6.05. The maximum Gasteiger partial charge on any atom is 0.266 e. The van der Waals surface area contributed by atoms with Gasteiger partial charge < -0.3 is 14.2 Å². The third-order valence-electron chi connectivity index (χ3n) is 4.63. The van der Waals surface area contributed by atoms with Gasteiger partial charge in [-0.15, -0.1) is 6.58 Å². The second-order valence-corrected chi connectivity index (χ2v) is 9.01. The van der Waals surface area contributed by atoms with Crippen LogP contribution in [0, 0.1) is 5.92 Å². The summed E-state index contributed by atoms with van der Waals surface area (Å²) >= 11 is 18.0. The van der Waals surface area contributed by atoms with Crippen molar-refractivity contribution in [3.8, 4) is 0 Å². The minimum Gasteiger partial charge on any atom is -0.470 e. The van der Waals surface area contributed by atoms with E-state index >= 15 is 0 Å². The summed E-state index contributed by atoms with van der Waals surface area (Å²) in [7, 11) is 0. The van der Waals surface area contributed by atoms with Gasteiger partial charge in [0.1, 0.15) is 6.10 Å². The fourth-order valence-corrected chi connectivity index (χ4v) is 3.71. The van der Waals surface area contributed by atoms with Gasteiger partial charge in [-0.2, -0.15) is 0 Å². The highest BCUT2D eigenvalue weighted by Gasteiger charge is 2.53. The average Bonchev–Trinajstić information content (AvgIpc) is 2.81. The van der Waals surface area contributed by atoms with Crippen LogP contribution in [0.3, 0.4) is 0 Å². The minimum atomic E-state index is -1.71. The van der Waals surface area contributed by atoms with Crippen LogP contribution in [-0.2, 0) is 14.2 Å². The molecule has 0 spiro atoms. The van der Waals surface area contributed by atoms with Gasteiger partial charge >= 0.3 is 0 Å². The molecule has 4 atom stereocenters. The number of alkyl halides is 3. The fourth-order valence-electron chi connectivity index (χ4n) is 3.45. The molecule has 0 aromatic heterocycles. The molecule has 0 saturated carbocycles. The van der Waals surface area contributed by atoms with Crippen LogP contribution < -0.4 is 0 Å². The second-order valence-electron chi connectivity index (χ2n) is 6.72. The van der Waals surface area contributed by atoms with Crippen LogP contribution in [0.15, 0.2) is 29.3 Å². The van der Waals surface area contributed by atoms with Gasteiger partial charge in [0.05, 0.1) is 18.2 Å². The molecule has 1 saturated heterocycles. The molecule has 1 unspecified atom stereocenters. The third-order valence-corrected chi connectivity index (χ3v) is 5.12. The summed E-state index contributed by atoms with van der Waals surface area (Å²) in [5.41, 5.74) is 0.443. The molecule has 2 bridgehead atoms. The number of ether oxygens (including phenoxy) is 3. The normalized spacial score (nSPS) is 39.3. The smallest absolute Gasteiger partial charge is 0.266 e. The highest BCUT2D eigenvalue weighted by Crippen LogP contribution is 2.47. The number of aliphatic imine (C=N–C) groups is 1. The Hall–Kier alpha value is -0.260. The molecule has 3 rings (SSSR count). The van der Waals surface area contributed by atoms with E-state index in [4.69, 9.17) is 49.0 Å². The number of hydrogen-bond acceptors (Lipinski definition) is 4. The van der Waals surface area contributed by atoms with Crippen molar-refractivity contribution >= 4 is 40.7 Å². The fraction of sp³-hybridized carbons (Fsp3) is 0.688.